The fourth-order valence-electron chi connectivity index (χ4n) is 2.99. The van der Waals surface area contributed by atoms with Crippen LogP contribution in [0.25, 0.3) is 0 Å². The molecule has 1 aliphatic heterocycles. The largest absolute Gasteiger partial charge is 0.357 e. The highest BCUT2D eigenvalue weighted by molar-refractivity contribution is 7.09. The number of non-ortho nitro benzene ring substituents is 1. The van der Waals surface area contributed by atoms with Crippen molar-refractivity contribution in [2.75, 3.05) is 37.6 Å². The summed E-state index contributed by atoms with van der Waals surface area (Å²) in [5.41, 5.74) is 0.916. The zero-order chi connectivity index (χ0) is 19.9. The van der Waals surface area contributed by atoms with Gasteiger partial charge in [-0.05, 0) is 12.5 Å². The molecule has 1 saturated heterocycles. The van der Waals surface area contributed by atoms with Crippen LogP contribution < -0.4 is 10.2 Å². The number of guanidine groups is 1. The van der Waals surface area contributed by atoms with Gasteiger partial charge in [0.05, 0.1) is 11.5 Å². The molecule has 0 atom stereocenters. The summed E-state index contributed by atoms with van der Waals surface area (Å²) in [7, 11) is 0. The van der Waals surface area contributed by atoms with E-state index >= 15 is 0 Å². The maximum atomic E-state index is 10.9. The van der Waals surface area contributed by atoms with Crippen molar-refractivity contribution in [2.45, 2.75) is 26.8 Å². The van der Waals surface area contributed by atoms with Gasteiger partial charge in [0.15, 0.2) is 5.96 Å². The molecule has 150 valence electrons. The van der Waals surface area contributed by atoms with Crippen molar-refractivity contribution >= 4 is 28.3 Å². The van der Waals surface area contributed by atoms with E-state index in [9.17, 15) is 10.1 Å². The Morgan fingerprint density at radius 3 is 2.75 bits per heavy atom. The number of benzene rings is 1. The van der Waals surface area contributed by atoms with Gasteiger partial charge in [-0.25, -0.2) is 9.98 Å². The van der Waals surface area contributed by atoms with Gasteiger partial charge in [-0.15, -0.1) is 0 Å². The molecule has 1 aromatic carbocycles. The average molecular weight is 404 g/mol. The highest BCUT2D eigenvalue weighted by Crippen LogP contribution is 2.19. The van der Waals surface area contributed by atoms with Crippen molar-refractivity contribution in [3.8, 4) is 0 Å². The summed E-state index contributed by atoms with van der Waals surface area (Å²) in [5, 5.41) is 15.3. The zero-order valence-corrected chi connectivity index (χ0v) is 17.0. The van der Waals surface area contributed by atoms with Crippen LogP contribution in [0.2, 0.25) is 0 Å². The highest BCUT2D eigenvalue weighted by atomic mass is 32.1. The summed E-state index contributed by atoms with van der Waals surface area (Å²) in [6, 6.07) is 6.63. The van der Waals surface area contributed by atoms with Gasteiger partial charge in [0, 0.05) is 62.8 Å². The molecule has 1 aromatic heterocycles. The Hall–Kier alpha value is -2.75. The van der Waals surface area contributed by atoms with Crippen molar-refractivity contribution in [3.05, 3.63) is 45.8 Å². The van der Waals surface area contributed by atoms with Crippen LogP contribution in [0, 0.1) is 10.1 Å². The summed E-state index contributed by atoms with van der Waals surface area (Å²) < 4.78 is 4.37. The van der Waals surface area contributed by atoms with E-state index in [0.717, 1.165) is 61.6 Å². The van der Waals surface area contributed by atoms with Crippen LogP contribution in [0.3, 0.4) is 0 Å². The number of rotatable bonds is 6. The first-order chi connectivity index (χ1) is 13.6. The smallest absolute Gasteiger partial charge is 0.269 e. The van der Waals surface area contributed by atoms with E-state index in [1.165, 1.54) is 17.6 Å². The first-order valence-corrected chi connectivity index (χ1v) is 10.2. The maximum absolute atomic E-state index is 10.9. The number of nitrogens with zero attached hydrogens (tertiary/aromatic N) is 6. The van der Waals surface area contributed by atoms with Gasteiger partial charge >= 0.3 is 0 Å². The number of nitro benzene ring substituents is 1. The minimum Gasteiger partial charge on any atom is -0.357 e. The Bertz CT molecular complexity index is 831. The van der Waals surface area contributed by atoms with Crippen molar-refractivity contribution in [3.63, 3.8) is 0 Å². The van der Waals surface area contributed by atoms with Crippen LogP contribution in [0.5, 0.6) is 0 Å². The van der Waals surface area contributed by atoms with Gasteiger partial charge in [0.2, 0.25) is 5.13 Å². The van der Waals surface area contributed by atoms with Crippen molar-refractivity contribution in [1.29, 1.82) is 0 Å². The van der Waals surface area contributed by atoms with Gasteiger partial charge in [-0.1, -0.05) is 19.1 Å². The predicted octanol–water partition coefficient (Wildman–Crippen LogP) is 2.30. The third-order valence-electron chi connectivity index (χ3n) is 4.49. The maximum Gasteiger partial charge on any atom is 0.269 e. The number of aryl methyl sites for hydroxylation is 1. The molecule has 28 heavy (non-hydrogen) atoms. The molecule has 1 aliphatic rings. The van der Waals surface area contributed by atoms with E-state index in [4.69, 9.17) is 0 Å². The lowest BCUT2D eigenvalue weighted by Crippen LogP contribution is -2.52. The molecule has 3 rings (SSSR count). The predicted molar refractivity (Wildman–Crippen MR) is 111 cm³/mol. The second-order valence-electron chi connectivity index (χ2n) is 6.42. The summed E-state index contributed by atoms with van der Waals surface area (Å²) >= 11 is 1.46. The monoisotopic (exact) mass is 403 g/mol. The van der Waals surface area contributed by atoms with Crippen LogP contribution in [-0.4, -0.2) is 57.9 Å². The van der Waals surface area contributed by atoms with Crippen molar-refractivity contribution in [1.82, 2.24) is 19.6 Å². The van der Waals surface area contributed by atoms with Gasteiger partial charge < -0.3 is 15.1 Å². The molecule has 2 aromatic rings. The summed E-state index contributed by atoms with van der Waals surface area (Å²) in [5.74, 6) is 1.73. The molecule has 1 N–H and O–H groups in total. The zero-order valence-electron chi connectivity index (χ0n) is 16.2. The minimum atomic E-state index is -0.380. The number of aliphatic imine (C=N–C) groups is 1. The van der Waals surface area contributed by atoms with E-state index in [-0.39, 0.29) is 10.6 Å². The second kappa shape index (κ2) is 9.45. The quantitative estimate of drug-likeness (QED) is 0.342. The molecule has 0 radical (unpaired) electrons. The van der Waals surface area contributed by atoms with Gasteiger partial charge in [-0.3, -0.25) is 10.1 Å². The molecule has 0 aliphatic carbocycles. The number of hydrogen-bond donors (Lipinski definition) is 1. The Balaban J connectivity index is 1.63. The van der Waals surface area contributed by atoms with E-state index in [1.807, 2.05) is 13.0 Å². The van der Waals surface area contributed by atoms with E-state index in [0.29, 0.717) is 6.54 Å². The normalized spacial score (nSPS) is 15.0. The molecule has 0 saturated carbocycles. The fourth-order valence-corrected chi connectivity index (χ4v) is 3.79. The molecule has 1 fully saturated rings. The summed E-state index contributed by atoms with van der Waals surface area (Å²) in [4.78, 5) is 24.3. The second-order valence-corrected chi connectivity index (χ2v) is 7.15. The molecule has 0 bridgehead atoms. The number of piperazine rings is 1. The molecular formula is C18H25N7O2S. The molecule has 0 spiro atoms. The van der Waals surface area contributed by atoms with E-state index < -0.39 is 0 Å². The SMILES string of the molecule is CCNC(=NCc1cccc([N+](=O)[O-])c1)N1CCN(c2nc(CC)ns2)CC1. The Kier molecular flexibility index (Phi) is 6.75. The highest BCUT2D eigenvalue weighted by Gasteiger charge is 2.22. The third kappa shape index (κ3) is 4.94. The van der Waals surface area contributed by atoms with Crippen LogP contribution >= 0.6 is 11.5 Å². The molecule has 0 amide bonds. The van der Waals surface area contributed by atoms with Gasteiger partial charge in [0.1, 0.15) is 5.82 Å². The van der Waals surface area contributed by atoms with Crippen molar-refractivity contribution in [2.24, 2.45) is 4.99 Å². The lowest BCUT2D eigenvalue weighted by molar-refractivity contribution is -0.384. The molecule has 0 unspecified atom stereocenters. The average Bonchev–Trinajstić information content (AvgIpc) is 3.21. The standard InChI is InChI=1S/C18H25N7O2S/c1-3-16-21-18(28-22-16)24-10-8-23(9-11-24)17(19-4-2)20-13-14-6-5-7-15(12-14)25(26)27/h5-7,12H,3-4,8-11,13H2,1-2H3,(H,19,20). The number of nitrogens with one attached hydrogen (secondary N) is 1. The molecular weight excluding hydrogens is 378 g/mol. The van der Waals surface area contributed by atoms with Crippen LogP contribution in [0.15, 0.2) is 29.3 Å². The lowest BCUT2D eigenvalue weighted by atomic mass is 10.2. The van der Waals surface area contributed by atoms with E-state index in [2.05, 4.69) is 36.4 Å². The summed E-state index contributed by atoms with van der Waals surface area (Å²) in [6.07, 6.45) is 0.853. The summed E-state index contributed by atoms with van der Waals surface area (Å²) in [6.45, 7) is 8.66. The molecule has 9 nitrogen and oxygen atoms in total. The first-order valence-electron chi connectivity index (χ1n) is 9.44. The van der Waals surface area contributed by atoms with Crippen LogP contribution in [0.4, 0.5) is 10.8 Å². The topological polar surface area (TPSA) is 99.8 Å². The number of anilines is 1. The van der Waals surface area contributed by atoms with Gasteiger partial charge in [-0.2, -0.15) is 4.37 Å². The Morgan fingerprint density at radius 2 is 2.11 bits per heavy atom. The Morgan fingerprint density at radius 1 is 1.32 bits per heavy atom. The fraction of sp³-hybridized carbons (Fsp3) is 0.500. The third-order valence-corrected chi connectivity index (χ3v) is 5.31. The van der Waals surface area contributed by atoms with E-state index in [1.54, 1.807) is 12.1 Å². The number of nitro groups is 1. The first kappa shape index (κ1) is 20.0. The van der Waals surface area contributed by atoms with Gasteiger partial charge in [0.25, 0.3) is 5.69 Å². The lowest BCUT2D eigenvalue weighted by Gasteiger charge is -2.36. The molecule has 10 heteroatoms. The Labute approximate surface area is 168 Å². The molecule has 2 heterocycles. The minimum absolute atomic E-state index is 0.0924. The number of hydrogen-bond acceptors (Lipinski definition) is 7. The van der Waals surface area contributed by atoms with Crippen molar-refractivity contribution < 1.29 is 4.92 Å². The van der Waals surface area contributed by atoms with Crippen LogP contribution in [0.1, 0.15) is 25.2 Å². The van der Waals surface area contributed by atoms with Crippen LogP contribution in [-0.2, 0) is 13.0 Å². The number of aromatic nitrogens is 2.